The molecule has 3 rings (SSSR count). The van der Waals surface area contributed by atoms with E-state index in [1.54, 1.807) is 17.8 Å². The van der Waals surface area contributed by atoms with Gasteiger partial charge in [-0.1, -0.05) is 0 Å². The molecule has 6 heteroatoms. The fourth-order valence-electron chi connectivity index (χ4n) is 2.74. The molecule has 0 aromatic heterocycles. The summed E-state index contributed by atoms with van der Waals surface area (Å²) in [5.74, 6) is 0.825. The van der Waals surface area contributed by atoms with E-state index < -0.39 is 0 Å². The topological polar surface area (TPSA) is 33.3 Å². The largest absolute Gasteiger partial charge is 0.376 e. The van der Waals surface area contributed by atoms with E-state index in [1.807, 2.05) is 6.07 Å². The van der Waals surface area contributed by atoms with Gasteiger partial charge in [0.15, 0.2) is 5.11 Å². The van der Waals surface area contributed by atoms with Gasteiger partial charge >= 0.3 is 0 Å². The van der Waals surface area contributed by atoms with Gasteiger partial charge in [0.25, 0.3) is 0 Å². The van der Waals surface area contributed by atoms with Crippen molar-refractivity contribution in [2.75, 3.05) is 18.9 Å². The molecule has 1 aromatic carbocycles. The van der Waals surface area contributed by atoms with Crippen LogP contribution in [0.2, 0.25) is 0 Å². The van der Waals surface area contributed by atoms with Crippen LogP contribution in [0.1, 0.15) is 30.9 Å². The first-order chi connectivity index (χ1) is 10.2. The maximum absolute atomic E-state index is 13.5. The Labute approximate surface area is 134 Å². The minimum Gasteiger partial charge on any atom is -0.376 e. The summed E-state index contributed by atoms with van der Waals surface area (Å²) >= 11 is 7.12. The number of rotatable bonds is 3. The summed E-state index contributed by atoms with van der Waals surface area (Å²) in [5.41, 5.74) is 1.01. The highest BCUT2D eigenvalue weighted by Crippen LogP contribution is 2.36. The van der Waals surface area contributed by atoms with Gasteiger partial charge < -0.3 is 15.4 Å². The lowest BCUT2D eigenvalue weighted by Crippen LogP contribution is -2.41. The second-order valence-electron chi connectivity index (χ2n) is 5.36. The van der Waals surface area contributed by atoms with Gasteiger partial charge in [-0.3, -0.25) is 0 Å². The van der Waals surface area contributed by atoms with Crippen molar-refractivity contribution in [2.24, 2.45) is 0 Å². The van der Waals surface area contributed by atoms with Crippen LogP contribution in [0, 0.1) is 5.82 Å². The predicted octanol–water partition coefficient (Wildman–Crippen LogP) is 3.01. The molecule has 0 radical (unpaired) electrons. The Morgan fingerprint density at radius 3 is 3.14 bits per heavy atom. The van der Waals surface area contributed by atoms with Gasteiger partial charge in [-0.25, -0.2) is 4.39 Å². The summed E-state index contributed by atoms with van der Waals surface area (Å²) in [6.45, 7) is 1.59. The molecule has 0 unspecified atom stereocenters. The van der Waals surface area contributed by atoms with Gasteiger partial charge in [0.2, 0.25) is 0 Å². The maximum Gasteiger partial charge on any atom is 0.166 e. The molecule has 2 aliphatic heterocycles. The molecule has 0 saturated carbocycles. The van der Waals surface area contributed by atoms with Crippen LogP contribution < -0.4 is 10.6 Å². The first-order valence-electron chi connectivity index (χ1n) is 7.30. The van der Waals surface area contributed by atoms with Crippen molar-refractivity contribution >= 4 is 29.1 Å². The van der Waals surface area contributed by atoms with Crippen molar-refractivity contribution in [1.82, 2.24) is 10.6 Å². The molecule has 2 heterocycles. The van der Waals surface area contributed by atoms with E-state index in [0.717, 1.165) is 48.6 Å². The Morgan fingerprint density at radius 2 is 2.33 bits per heavy atom. The molecule has 2 atom stereocenters. The number of halogens is 1. The van der Waals surface area contributed by atoms with E-state index in [-0.39, 0.29) is 18.0 Å². The van der Waals surface area contributed by atoms with Crippen molar-refractivity contribution in [3.63, 3.8) is 0 Å². The first-order valence-corrected chi connectivity index (χ1v) is 8.70. The van der Waals surface area contributed by atoms with Crippen molar-refractivity contribution in [2.45, 2.75) is 36.3 Å². The van der Waals surface area contributed by atoms with E-state index in [9.17, 15) is 4.39 Å². The third kappa shape index (κ3) is 3.87. The van der Waals surface area contributed by atoms with Crippen molar-refractivity contribution in [3.8, 4) is 0 Å². The zero-order chi connectivity index (χ0) is 14.7. The molecule has 2 aliphatic rings. The molecule has 0 bridgehead atoms. The second-order valence-corrected chi connectivity index (χ2v) is 6.91. The average Bonchev–Trinajstić information content (AvgIpc) is 2.99. The van der Waals surface area contributed by atoms with E-state index in [0.29, 0.717) is 5.11 Å². The lowest BCUT2D eigenvalue weighted by atomic mass is 10.0. The molecule has 1 fully saturated rings. The fraction of sp³-hybridized carbons (Fsp3) is 0.533. The fourth-order valence-corrected chi connectivity index (χ4v) is 4.07. The number of ether oxygens (including phenoxy) is 1. The van der Waals surface area contributed by atoms with Crippen LogP contribution >= 0.6 is 24.0 Å². The minimum absolute atomic E-state index is 0.0847. The molecule has 21 heavy (non-hydrogen) atoms. The Balaban J connectivity index is 1.57. The zero-order valence-corrected chi connectivity index (χ0v) is 13.4. The highest BCUT2D eigenvalue weighted by atomic mass is 32.2. The lowest BCUT2D eigenvalue weighted by molar-refractivity contribution is 0.114. The molecule has 114 valence electrons. The monoisotopic (exact) mass is 326 g/mol. The van der Waals surface area contributed by atoms with Gasteiger partial charge in [-0.15, -0.1) is 11.8 Å². The van der Waals surface area contributed by atoms with Crippen LogP contribution in [0.4, 0.5) is 4.39 Å². The van der Waals surface area contributed by atoms with Crippen LogP contribution in [-0.2, 0) is 4.74 Å². The summed E-state index contributed by atoms with van der Waals surface area (Å²) in [6.07, 6.45) is 3.42. The smallest absolute Gasteiger partial charge is 0.166 e. The minimum atomic E-state index is -0.193. The Hall–Kier alpha value is -0.850. The van der Waals surface area contributed by atoms with Gasteiger partial charge in [0.05, 0.1) is 12.1 Å². The summed E-state index contributed by atoms with van der Waals surface area (Å²) < 4.78 is 19.0. The standard InChI is InChI=1S/C15H19FN2OS2/c16-10-3-4-14-12(8-10)13(5-7-21-14)18-15(20)17-9-11-2-1-6-19-11/h3-4,8,11,13H,1-2,5-7,9H2,(H2,17,18,20)/t11-,13-/m1/s1. The summed E-state index contributed by atoms with van der Waals surface area (Å²) in [4.78, 5) is 1.14. The number of hydrogen-bond acceptors (Lipinski definition) is 3. The highest BCUT2D eigenvalue weighted by molar-refractivity contribution is 7.99. The van der Waals surface area contributed by atoms with E-state index in [4.69, 9.17) is 17.0 Å². The van der Waals surface area contributed by atoms with Crippen molar-refractivity contribution < 1.29 is 9.13 Å². The zero-order valence-electron chi connectivity index (χ0n) is 11.7. The molecule has 3 nitrogen and oxygen atoms in total. The Bertz CT molecular complexity index is 520. The molecule has 1 aromatic rings. The predicted molar refractivity (Wildman–Crippen MR) is 87.2 cm³/mol. The van der Waals surface area contributed by atoms with Crippen LogP contribution in [0.3, 0.4) is 0 Å². The summed E-state index contributed by atoms with van der Waals surface area (Å²) in [5, 5.41) is 7.15. The number of fused-ring (bicyclic) bond motifs is 1. The number of benzene rings is 1. The normalized spacial score (nSPS) is 24.4. The molecule has 0 spiro atoms. The molecule has 1 saturated heterocycles. The first kappa shape index (κ1) is 15.1. The molecular formula is C15H19FN2OS2. The molecule has 0 aliphatic carbocycles. The van der Waals surface area contributed by atoms with Crippen LogP contribution in [0.25, 0.3) is 0 Å². The average molecular weight is 326 g/mol. The number of thioether (sulfide) groups is 1. The van der Waals surface area contributed by atoms with Crippen LogP contribution in [0.15, 0.2) is 23.1 Å². The van der Waals surface area contributed by atoms with Gasteiger partial charge in [0.1, 0.15) is 5.82 Å². The van der Waals surface area contributed by atoms with E-state index in [1.165, 1.54) is 6.07 Å². The Morgan fingerprint density at radius 1 is 1.43 bits per heavy atom. The van der Waals surface area contributed by atoms with Crippen molar-refractivity contribution in [3.05, 3.63) is 29.6 Å². The molecule has 0 amide bonds. The van der Waals surface area contributed by atoms with Gasteiger partial charge in [-0.05, 0) is 55.2 Å². The third-order valence-electron chi connectivity index (χ3n) is 3.83. The van der Waals surface area contributed by atoms with Crippen LogP contribution in [0.5, 0.6) is 0 Å². The van der Waals surface area contributed by atoms with Gasteiger partial charge in [-0.2, -0.15) is 0 Å². The summed E-state index contributed by atoms with van der Waals surface area (Å²) in [6, 6.07) is 5.07. The molecular weight excluding hydrogens is 307 g/mol. The quantitative estimate of drug-likeness (QED) is 0.835. The number of thiocarbonyl (C=S) groups is 1. The second kappa shape index (κ2) is 6.94. The third-order valence-corrected chi connectivity index (χ3v) is 5.22. The highest BCUT2D eigenvalue weighted by Gasteiger charge is 2.22. The number of hydrogen-bond donors (Lipinski definition) is 2. The lowest BCUT2D eigenvalue weighted by Gasteiger charge is -2.27. The van der Waals surface area contributed by atoms with Crippen molar-refractivity contribution in [1.29, 1.82) is 0 Å². The van der Waals surface area contributed by atoms with E-state index in [2.05, 4.69) is 10.6 Å². The van der Waals surface area contributed by atoms with Gasteiger partial charge in [0, 0.05) is 23.8 Å². The Kier molecular flexibility index (Phi) is 4.98. The SMILES string of the molecule is Fc1ccc2c(c1)[C@H](NC(=S)NC[C@H]1CCCO1)CCS2. The summed E-state index contributed by atoms with van der Waals surface area (Å²) in [7, 11) is 0. The molecule has 2 N–H and O–H groups in total. The van der Waals surface area contributed by atoms with Crippen LogP contribution in [-0.4, -0.2) is 30.1 Å². The maximum atomic E-state index is 13.5. The number of nitrogens with one attached hydrogen (secondary N) is 2. The van der Waals surface area contributed by atoms with E-state index >= 15 is 0 Å².